The van der Waals surface area contributed by atoms with E-state index in [0.29, 0.717) is 6.04 Å². The molecule has 112 valence electrons. The molecule has 1 fully saturated rings. The van der Waals surface area contributed by atoms with Crippen LogP contribution in [0.15, 0.2) is 6.07 Å². The Morgan fingerprint density at radius 2 is 1.95 bits per heavy atom. The molecule has 0 saturated heterocycles. The minimum Gasteiger partial charge on any atom is -0.354 e. The summed E-state index contributed by atoms with van der Waals surface area (Å²) in [6, 6.07) is 2.77. The van der Waals surface area contributed by atoms with Gasteiger partial charge in [-0.25, -0.2) is 4.98 Å². The monoisotopic (exact) mass is 276 g/mol. The molecule has 0 atom stereocenters. The summed E-state index contributed by atoms with van der Waals surface area (Å²) in [6.07, 6.45) is 7.79. The Hall–Kier alpha value is -1.32. The van der Waals surface area contributed by atoms with Gasteiger partial charge in [-0.2, -0.15) is 4.98 Å². The molecule has 0 bridgehead atoms. The van der Waals surface area contributed by atoms with Gasteiger partial charge in [-0.15, -0.1) is 0 Å². The molecule has 1 heterocycles. The van der Waals surface area contributed by atoms with Gasteiger partial charge < -0.3 is 10.2 Å². The molecule has 20 heavy (non-hydrogen) atoms. The maximum absolute atomic E-state index is 4.72. The zero-order valence-electron chi connectivity index (χ0n) is 13.2. The highest BCUT2D eigenvalue weighted by molar-refractivity contribution is 5.45. The van der Waals surface area contributed by atoms with Gasteiger partial charge in [0.1, 0.15) is 5.82 Å². The average molecular weight is 276 g/mol. The van der Waals surface area contributed by atoms with E-state index in [0.717, 1.165) is 37.0 Å². The number of anilines is 2. The quantitative estimate of drug-likeness (QED) is 0.859. The molecule has 1 aliphatic carbocycles. The molecule has 2 rings (SSSR count). The van der Waals surface area contributed by atoms with E-state index < -0.39 is 0 Å². The van der Waals surface area contributed by atoms with Crippen LogP contribution in [0.1, 0.15) is 58.1 Å². The van der Waals surface area contributed by atoms with Crippen molar-refractivity contribution in [3.8, 4) is 0 Å². The fourth-order valence-electron chi connectivity index (χ4n) is 3.01. The van der Waals surface area contributed by atoms with Crippen LogP contribution in [0.2, 0.25) is 0 Å². The molecule has 1 saturated carbocycles. The lowest BCUT2D eigenvalue weighted by atomic mass is 9.94. The maximum atomic E-state index is 4.72. The predicted octanol–water partition coefficient (Wildman–Crippen LogP) is 3.77. The molecule has 0 radical (unpaired) electrons. The van der Waals surface area contributed by atoms with E-state index in [-0.39, 0.29) is 0 Å². The Labute approximate surface area is 123 Å². The Bertz CT molecular complexity index is 413. The second-order valence-corrected chi connectivity index (χ2v) is 5.70. The number of aryl methyl sites for hydroxylation is 1. The molecule has 0 aliphatic heterocycles. The van der Waals surface area contributed by atoms with Gasteiger partial charge in [0.15, 0.2) is 0 Å². The first kappa shape index (κ1) is 15.1. The summed E-state index contributed by atoms with van der Waals surface area (Å²) >= 11 is 0. The number of nitrogens with zero attached hydrogens (tertiary/aromatic N) is 3. The van der Waals surface area contributed by atoms with Gasteiger partial charge in [0.2, 0.25) is 5.95 Å². The van der Waals surface area contributed by atoms with Crippen LogP contribution in [-0.4, -0.2) is 29.1 Å². The molecule has 1 aromatic rings. The Morgan fingerprint density at radius 3 is 2.60 bits per heavy atom. The summed E-state index contributed by atoms with van der Waals surface area (Å²) < 4.78 is 0. The summed E-state index contributed by atoms with van der Waals surface area (Å²) in [4.78, 5) is 11.7. The first-order chi connectivity index (χ1) is 9.74. The number of nitrogens with one attached hydrogen (secondary N) is 1. The standard InChI is InChI=1S/C16H28N4/c1-4-11-17-16-18-13(3)12-15(19-16)20(5-2)14-9-7-6-8-10-14/h12,14H,4-11H2,1-3H3,(H,17,18,19). The minimum atomic E-state index is 0.655. The molecule has 0 amide bonds. The van der Waals surface area contributed by atoms with Crippen molar-refractivity contribution in [2.24, 2.45) is 0 Å². The van der Waals surface area contributed by atoms with Crippen LogP contribution in [-0.2, 0) is 0 Å². The molecule has 4 heteroatoms. The third-order valence-corrected chi connectivity index (χ3v) is 4.02. The van der Waals surface area contributed by atoms with Crippen LogP contribution < -0.4 is 10.2 Å². The summed E-state index contributed by atoms with van der Waals surface area (Å²) in [5, 5.41) is 3.31. The molecule has 4 nitrogen and oxygen atoms in total. The number of hydrogen-bond acceptors (Lipinski definition) is 4. The summed E-state index contributed by atoms with van der Waals surface area (Å²) in [7, 11) is 0. The normalized spacial score (nSPS) is 16.1. The Balaban J connectivity index is 2.17. The van der Waals surface area contributed by atoms with Crippen molar-refractivity contribution in [2.75, 3.05) is 23.3 Å². The van der Waals surface area contributed by atoms with Crippen molar-refractivity contribution in [3.05, 3.63) is 11.8 Å². The molecular formula is C16H28N4. The van der Waals surface area contributed by atoms with E-state index in [1.54, 1.807) is 0 Å². The second kappa shape index (κ2) is 7.46. The number of rotatable bonds is 6. The van der Waals surface area contributed by atoms with Crippen LogP contribution in [0.25, 0.3) is 0 Å². The number of aromatic nitrogens is 2. The summed E-state index contributed by atoms with van der Waals surface area (Å²) in [6.45, 7) is 8.39. The van der Waals surface area contributed by atoms with Crippen molar-refractivity contribution in [2.45, 2.75) is 65.3 Å². The van der Waals surface area contributed by atoms with E-state index in [2.05, 4.69) is 42.0 Å². The van der Waals surface area contributed by atoms with Gasteiger partial charge in [-0.1, -0.05) is 26.2 Å². The molecule has 0 aromatic carbocycles. The van der Waals surface area contributed by atoms with Crippen molar-refractivity contribution < 1.29 is 0 Å². The Morgan fingerprint density at radius 1 is 1.20 bits per heavy atom. The van der Waals surface area contributed by atoms with Gasteiger partial charge in [0.05, 0.1) is 0 Å². The fraction of sp³-hybridized carbons (Fsp3) is 0.750. The largest absolute Gasteiger partial charge is 0.354 e. The lowest BCUT2D eigenvalue weighted by molar-refractivity contribution is 0.416. The van der Waals surface area contributed by atoms with Gasteiger partial charge in [-0.05, 0) is 33.1 Å². The number of hydrogen-bond donors (Lipinski definition) is 1. The highest BCUT2D eigenvalue weighted by Gasteiger charge is 2.21. The van der Waals surface area contributed by atoms with E-state index >= 15 is 0 Å². The smallest absolute Gasteiger partial charge is 0.224 e. The van der Waals surface area contributed by atoms with E-state index in [1.807, 2.05) is 0 Å². The zero-order chi connectivity index (χ0) is 14.4. The third kappa shape index (κ3) is 3.84. The van der Waals surface area contributed by atoms with Crippen LogP contribution in [0.5, 0.6) is 0 Å². The fourth-order valence-corrected chi connectivity index (χ4v) is 3.01. The van der Waals surface area contributed by atoms with Crippen molar-refractivity contribution in [1.29, 1.82) is 0 Å². The lowest BCUT2D eigenvalue weighted by Crippen LogP contribution is -2.37. The van der Waals surface area contributed by atoms with Crippen LogP contribution in [0, 0.1) is 6.92 Å². The average Bonchev–Trinajstić information content (AvgIpc) is 2.46. The molecule has 0 unspecified atom stereocenters. The van der Waals surface area contributed by atoms with Crippen molar-refractivity contribution in [3.63, 3.8) is 0 Å². The van der Waals surface area contributed by atoms with Gasteiger partial charge in [0.25, 0.3) is 0 Å². The van der Waals surface area contributed by atoms with Gasteiger partial charge >= 0.3 is 0 Å². The molecule has 1 aromatic heterocycles. The summed E-state index contributed by atoms with van der Waals surface area (Å²) in [5.74, 6) is 1.86. The predicted molar refractivity (Wildman–Crippen MR) is 85.4 cm³/mol. The van der Waals surface area contributed by atoms with E-state index in [4.69, 9.17) is 4.98 Å². The first-order valence-corrected chi connectivity index (χ1v) is 8.10. The SMILES string of the molecule is CCCNc1nc(C)cc(N(CC)C2CCCCC2)n1. The van der Waals surface area contributed by atoms with E-state index in [9.17, 15) is 0 Å². The zero-order valence-corrected chi connectivity index (χ0v) is 13.2. The molecule has 0 spiro atoms. The highest BCUT2D eigenvalue weighted by atomic mass is 15.2. The minimum absolute atomic E-state index is 0.655. The summed E-state index contributed by atoms with van der Waals surface area (Å²) in [5.41, 5.74) is 1.04. The molecular weight excluding hydrogens is 248 g/mol. The van der Waals surface area contributed by atoms with Crippen molar-refractivity contribution >= 4 is 11.8 Å². The van der Waals surface area contributed by atoms with Gasteiger partial charge in [-0.3, -0.25) is 0 Å². The molecule has 1 N–H and O–H groups in total. The van der Waals surface area contributed by atoms with E-state index in [1.165, 1.54) is 32.1 Å². The van der Waals surface area contributed by atoms with Crippen LogP contribution >= 0.6 is 0 Å². The molecule has 1 aliphatic rings. The topological polar surface area (TPSA) is 41.1 Å². The second-order valence-electron chi connectivity index (χ2n) is 5.70. The lowest BCUT2D eigenvalue weighted by Gasteiger charge is -2.34. The van der Waals surface area contributed by atoms with Gasteiger partial charge in [0, 0.05) is 30.9 Å². The van der Waals surface area contributed by atoms with Crippen molar-refractivity contribution in [1.82, 2.24) is 9.97 Å². The third-order valence-electron chi connectivity index (χ3n) is 4.02. The maximum Gasteiger partial charge on any atom is 0.224 e. The highest BCUT2D eigenvalue weighted by Crippen LogP contribution is 2.26. The van der Waals surface area contributed by atoms with Crippen LogP contribution in [0.4, 0.5) is 11.8 Å². The first-order valence-electron chi connectivity index (χ1n) is 8.10. The Kier molecular flexibility index (Phi) is 5.62. The van der Waals surface area contributed by atoms with Crippen LogP contribution in [0.3, 0.4) is 0 Å².